The third-order valence-electron chi connectivity index (χ3n) is 4.52. The standard InChI is InChI=1S/C12H21N5/c1-12(2)11-5-13-4-9(11)6-17(12)8-10-7-16(3)15-14-10/h7,9,11,13H,4-6,8H2,1-3H3. The molecular formula is C12H21N5. The normalized spacial score (nSPS) is 31.9. The first-order valence-corrected chi connectivity index (χ1v) is 6.38. The minimum Gasteiger partial charge on any atom is -0.316 e. The molecule has 0 bridgehead atoms. The highest BCUT2D eigenvalue weighted by molar-refractivity contribution is 5.06. The van der Waals surface area contributed by atoms with E-state index in [9.17, 15) is 0 Å². The van der Waals surface area contributed by atoms with Crippen molar-refractivity contribution in [2.24, 2.45) is 18.9 Å². The zero-order valence-corrected chi connectivity index (χ0v) is 10.8. The van der Waals surface area contributed by atoms with Crippen LogP contribution in [0.15, 0.2) is 6.20 Å². The fourth-order valence-corrected chi connectivity index (χ4v) is 3.44. The first-order chi connectivity index (χ1) is 8.07. The van der Waals surface area contributed by atoms with Crippen molar-refractivity contribution in [1.82, 2.24) is 25.2 Å². The summed E-state index contributed by atoms with van der Waals surface area (Å²) < 4.78 is 1.78. The molecule has 94 valence electrons. The maximum Gasteiger partial charge on any atom is 0.0967 e. The number of hydrogen-bond donors (Lipinski definition) is 1. The Hall–Kier alpha value is -0.940. The summed E-state index contributed by atoms with van der Waals surface area (Å²) in [5.74, 6) is 1.58. The Kier molecular flexibility index (Phi) is 2.48. The molecule has 2 aliphatic rings. The van der Waals surface area contributed by atoms with E-state index < -0.39 is 0 Å². The lowest BCUT2D eigenvalue weighted by Gasteiger charge is -2.35. The molecule has 3 heterocycles. The summed E-state index contributed by atoms with van der Waals surface area (Å²) in [6.45, 7) is 9.16. The summed E-state index contributed by atoms with van der Waals surface area (Å²) in [6.07, 6.45) is 2.02. The average Bonchev–Trinajstić information content (AvgIpc) is 2.90. The number of aromatic nitrogens is 3. The maximum absolute atomic E-state index is 4.19. The van der Waals surface area contributed by atoms with Gasteiger partial charge in [0.1, 0.15) is 0 Å². The van der Waals surface area contributed by atoms with Crippen LogP contribution in [0.1, 0.15) is 19.5 Å². The van der Waals surface area contributed by atoms with Gasteiger partial charge in [0.2, 0.25) is 0 Å². The maximum atomic E-state index is 4.19. The van der Waals surface area contributed by atoms with Gasteiger partial charge in [-0.05, 0) is 32.2 Å². The topological polar surface area (TPSA) is 46.0 Å². The van der Waals surface area contributed by atoms with Gasteiger partial charge in [0.05, 0.1) is 5.69 Å². The zero-order chi connectivity index (χ0) is 12.0. The lowest BCUT2D eigenvalue weighted by atomic mass is 9.85. The van der Waals surface area contributed by atoms with Crippen LogP contribution in [-0.4, -0.2) is 45.1 Å². The molecule has 1 N–H and O–H groups in total. The fourth-order valence-electron chi connectivity index (χ4n) is 3.44. The van der Waals surface area contributed by atoms with Gasteiger partial charge < -0.3 is 5.32 Å². The van der Waals surface area contributed by atoms with Gasteiger partial charge in [-0.3, -0.25) is 9.58 Å². The van der Waals surface area contributed by atoms with Crippen LogP contribution < -0.4 is 5.32 Å². The third-order valence-corrected chi connectivity index (χ3v) is 4.52. The summed E-state index contributed by atoms with van der Waals surface area (Å²) in [4.78, 5) is 2.56. The fraction of sp³-hybridized carbons (Fsp3) is 0.833. The second kappa shape index (κ2) is 3.78. The number of fused-ring (bicyclic) bond motifs is 1. The number of nitrogens with zero attached hydrogens (tertiary/aromatic N) is 4. The van der Waals surface area contributed by atoms with Crippen molar-refractivity contribution in [1.29, 1.82) is 0 Å². The Bertz CT molecular complexity index is 411. The van der Waals surface area contributed by atoms with Crippen molar-refractivity contribution in [3.8, 4) is 0 Å². The molecule has 0 amide bonds. The van der Waals surface area contributed by atoms with E-state index in [1.54, 1.807) is 4.68 Å². The predicted molar refractivity (Wildman–Crippen MR) is 65.3 cm³/mol. The van der Waals surface area contributed by atoms with Gasteiger partial charge in [0.25, 0.3) is 0 Å². The molecule has 5 heteroatoms. The molecule has 2 fully saturated rings. The molecular weight excluding hydrogens is 214 g/mol. The third kappa shape index (κ3) is 1.77. The Morgan fingerprint density at radius 2 is 2.29 bits per heavy atom. The van der Waals surface area contributed by atoms with E-state index in [4.69, 9.17) is 0 Å². The highest BCUT2D eigenvalue weighted by atomic mass is 15.4. The SMILES string of the molecule is Cn1cc(CN2CC3CNCC3C2(C)C)nn1. The molecule has 2 saturated heterocycles. The summed E-state index contributed by atoms with van der Waals surface area (Å²) in [7, 11) is 1.92. The van der Waals surface area contributed by atoms with Gasteiger partial charge in [-0.25, -0.2) is 0 Å². The lowest BCUT2D eigenvalue weighted by Crippen LogP contribution is -2.43. The van der Waals surface area contributed by atoms with Crippen LogP contribution in [0.25, 0.3) is 0 Å². The van der Waals surface area contributed by atoms with Crippen molar-refractivity contribution in [2.75, 3.05) is 19.6 Å². The number of nitrogens with one attached hydrogen (secondary N) is 1. The van der Waals surface area contributed by atoms with E-state index in [0.717, 1.165) is 30.6 Å². The van der Waals surface area contributed by atoms with E-state index in [0.29, 0.717) is 0 Å². The van der Waals surface area contributed by atoms with Gasteiger partial charge in [-0.1, -0.05) is 5.21 Å². The molecule has 0 aromatic carbocycles. The van der Waals surface area contributed by atoms with Crippen LogP contribution in [0, 0.1) is 11.8 Å². The summed E-state index contributed by atoms with van der Waals surface area (Å²) >= 11 is 0. The van der Waals surface area contributed by atoms with Crippen LogP contribution in [0.3, 0.4) is 0 Å². The highest BCUT2D eigenvalue weighted by Crippen LogP contribution is 2.40. The quantitative estimate of drug-likeness (QED) is 0.798. The van der Waals surface area contributed by atoms with Crippen LogP contribution in [0.2, 0.25) is 0 Å². The summed E-state index contributed by atoms with van der Waals surface area (Å²) in [6, 6.07) is 0. The average molecular weight is 235 g/mol. The van der Waals surface area contributed by atoms with Crippen molar-refractivity contribution in [3.63, 3.8) is 0 Å². The van der Waals surface area contributed by atoms with Crippen LogP contribution in [0.5, 0.6) is 0 Å². The van der Waals surface area contributed by atoms with Gasteiger partial charge in [0, 0.05) is 38.4 Å². The molecule has 0 saturated carbocycles. The predicted octanol–water partition coefficient (Wildman–Crippen LogP) is 0.245. The smallest absolute Gasteiger partial charge is 0.0967 e. The largest absolute Gasteiger partial charge is 0.316 e. The molecule has 1 aromatic rings. The van der Waals surface area contributed by atoms with E-state index in [1.807, 2.05) is 13.2 Å². The second-order valence-corrected chi connectivity index (χ2v) is 5.94. The van der Waals surface area contributed by atoms with Gasteiger partial charge in [-0.15, -0.1) is 5.10 Å². The molecule has 0 radical (unpaired) electrons. The monoisotopic (exact) mass is 235 g/mol. The molecule has 1 aromatic heterocycles. The summed E-state index contributed by atoms with van der Waals surface area (Å²) in [5.41, 5.74) is 1.35. The number of rotatable bonds is 2. The van der Waals surface area contributed by atoms with Crippen molar-refractivity contribution in [2.45, 2.75) is 25.9 Å². The van der Waals surface area contributed by atoms with Gasteiger partial charge in [-0.2, -0.15) is 0 Å². The van der Waals surface area contributed by atoms with E-state index in [1.165, 1.54) is 13.1 Å². The van der Waals surface area contributed by atoms with Gasteiger partial charge >= 0.3 is 0 Å². The lowest BCUT2D eigenvalue weighted by molar-refractivity contribution is 0.130. The molecule has 3 rings (SSSR count). The van der Waals surface area contributed by atoms with Crippen LogP contribution in [-0.2, 0) is 13.6 Å². The summed E-state index contributed by atoms with van der Waals surface area (Å²) in [5, 5.41) is 11.7. The highest BCUT2D eigenvalue weighted by Gasteiger charge is 2.49. The number of hydrogen-bond acceptors (Lipinski definition) is 4. The minimum absolute atomic E-state index is 0.270. The molecule has 17 heavy (non-hydrogen) atoms. The second-order valence-electron chi connectivity index (χ2n) is 5.94. The van der Waals surface area contributed by atoms with E-state index >= 15 is 0 Å². The molecule has 0 spiro atoms. The van der Waals surface area contributed by atoms with Crippen LogP contribution in [0.4, 0.5) is 0 Å². The van der Waals surface area contributed by atoms with Crippen molar-refractivity contribution >= 4 is 0 Å². The van der Waals surface area contributed by atoms with Gasteiger partial charge in [0.15, 0.2) is 0 Å². The van der Waals surface area contributed by atoms with Crippen molar-refractivity contribution in [3.05, 3.63) is 11.9 Å². The molecule has 5 nitrogen and oxygen atoms in total. The first kappa shape index (κ1) is 11.2. The Morgan fingerprint density at radius 1 is 1.47 bits per heavy atom. The van der Waals surface area contributed by atoms with E-state index in [2.05, 4.69) is 34.4 Å². The molecule has 2 aliphatic heterocycles. The molecule has 2 unspecified atom stereocenters. The number of likely N-dealkylation sites (tertiary alicyclic amines) is 1. The molecule has 2 atom stereocenters. The Balaban J connectivity index is 1.76. The van der Waals surface area contributed by atoms with Crippen LogP contribution >= 0.6 is 0 Å². The Labute approximate surface area is 102 Å². The Morgan fingerprint density at radius 3 is 2.94 bits per heavy atom. The first-order valence-electron chi connectivity index (χ1n) is 6.38. The molecule has 0 aliphatic carbocycles. The minimum atomic E-state index is 0.270. The zero-order valence-electron chi connectivity index (χ0n) is 10.8. The van der Waals surface area contributed by atoms with Crippen molar-refractivity contribution < 1.29 is 0 Å². The van der Waals surface area contributed by atoms with E-state index in [-0.39, 0.29) is 5.54 Å². The number of aryl methyl sites for hydroxylation is 1.